The van der Waals surface area contributed by atoms with Crippen LogP contribution in [0, 0.1) is 11.8 Å². The summed E-state index contributed by atoms with van der Waals surface area (Å²) in [5, 5.41) is 61.2. The minimum atomic E-state index is -1.75. The van der Waals surface area contributed by atoms with Crippen LogP contribution >= 0.6 is 0 Å². The summed E-state index contributed by atoms with van der Waals surface area (Å²) >= 11 is 0. The number of methoxy groups -OCH3 is 2. The van der Waals surface area contributed by atoms with Crippen LogP contribution in [0.2, 0.25) is 0 Å². The van der Waals surface area contributed by atoms with E-state index >= 15 is 0 Å². The zero-order valence-corrected chi connectivity index (χ0v) is 22.5. The Morgan fingerprint density at radius 2 is 1.85 bits per heavy atom. The van der Waals surface area contributed by atoms with Crippen molar-refractivity contribution in [3.63, 3.8) is 0 Å². The highest BCUT2D eigenvalue weighted by atomic mass is 16.8. The molecule has 6 N–H and O–H groups in total. The van der Waals surface area contributed by atoms with Gasteiger partial charge in [-0.3, -0.25) is 0 Å². The molecule has 1 aromatic rings. The van der Waals surface area contributed by atoms with Crippen molar-refractivity contribution in [1.29, 1.82) is 0 Å². The molecule has 14 heteroatoms. The Labute approximate surface area is 234 Å². The molecule has 0 aromatic heterocycles. The average molecular weight is 583 g/mol. The number of benzene rings is 1. The van der Waals surface area contributed by atoms with Gasteiger partial charge in [0, 0.05) is 18.4 Å². The van der Waals surface area contributed by atoms with Gasteiger partial charge in [-0.1, -0.05) is 6.07 Å². The predicted molar refractivity (Wildman–Crippen MR) is 136 cm³/mol. The molecule has 0 spiro atoms. The van der Waals surface area contributed by atoms with Gasteiger partial charge in [-0.15, -0.1) is 0 Å². The summed E-state index contributed by atoms with van der Waals surface area (Å²) < 4.78 is 32.4. The highest BCUT2D eigenvalue weighted by Crippen LogP contribution is 2.51. The van der Waals surface area contributed by atoms with Crippen LogP contribution in [0.5, 0.6) is 11.5 Å². The number of esters is 2. The highest BCUT2D eigenvalue weighted by molar-refractivity contribution is 5.90. The van der Waals surface area contributed by atoms with Crippen LogP contribution in [0.15, 0.2) is 36.1 Å². The van der Waals surface area contributed by atoms with Gasteiger partial charge < -0.3 is 59.1 Å². The Bertz CT molecular complexity index is 1180. The van der Waals surface area contributed by atoms with E-state index in [1.54, 1.807) is 6.07 Å². The van der Waals surface area contributed by atoms with Crippen LogP contribution in [0.3, 0.4) is 0 Å². The van der Waals surface area contributed by atoms with Gasteiger partial charge in [0.15, 0.2) is 17.8 Å². The van der Waals surface area contributed by atoms with Crippen LogP contribution in [0.25, 0.3) is 6.08 Å². The third-order valence-electron chi connectivity index (χ3n) is 7.52. The standard InChI is InChI=1S/C27H34O14/c1-27(35)9-16(39-18(30)7-5-12-4-6-14(29)15(8-12)36-2)19-13(24(34)37-3)11-38-25(20(19)27)41-26-23(33)22(32)21(31)17(10-28)40-26/h4-8,11,16-17,19-23,25-26,28-29,31-33,35H,9-10H2,1-3H3/t16-,17+,19+,20+,21+,22-,23+,25-,26-,27+/m1/s1. The lowest BCUT2D eigenvalue weighted by atomic mass is 9.80. The van der Waals surface area contributed by atoms with Gasteiger partial charge in [0.1, 0.15) is 30.5 Å². The lowest BCUT2D eigenvalue weighted by molar-refractivity contribution is -0.346. The van der Waals surface area contributed by atoms with Crippen molar-refractivity contribution in [1.82, 2.24) is 0 Å². The first-order valence-electron chi connectivity index (χ1n) is 12.8. The molecule has 3 aliphatic rings. The first-order chi connectivity index (χ1) is 19.4. The molecule has 2 heterocycles. The van der Waals surface area contributed by atoms with Gasteiger partial charge in [-0.05, 0) is 30.7 Å². The fourth-order valence-corrected chi connectivity index (χ4v) is 5.44. The summed E-state index contributed by atoms with van der Waals surface area (Å²) in [6.45, 7) is 0.749. The molecular formula is C27H34O14. The quantitative estimate of drug-likeness (QED) is 0.159. The second-order valence-corrected chi connectivity index (χ2v) is 10.3. The molecule has 226 valence electrons. The molecule has 14 nitrogen and oxygen atoms in total. The zero-order chi connectivity index (χ0) is 30.1. The monoisotopic (exact) mass is 582 g/mol. The Morgan fingerprint density at radius 3 is 2.51 bits per heavy atom. The maximum atomic E-state index is 12.8. The van der Waals surface area contributed by atoms with Crippen LogP contribution in [0.1, 0.15) is 18.9 Å². The van der Waals surface area contributed by atoms with Gasteiger partial charge in [-0.25, -0.2) is 9.59 Å². The minimum absolute atomic E-state index is 0.0334. The fourth-order valence-electron chi connectivity index (χ4n) is 5.44. The fraction of sp³-hybridized carbons (Fsp3) is 0.556. The van der Waals surface area contributed by atoms with Crippen molar-refractivity contribution in [2.75, 3.05) is 20.8 Å². The predicted octanol–water partition coefficient (Wildman–Crippen LogP) is -1.06. The van der Waals surface area contributed by atoms with Gasteiger partial charge in [-0.2, -0.15) is 0 Å². The number of ether oxygens (including phenoxy) is 6. The molecule has 2 aliphatic heterocycles. The number of aliphatic hydroxyl groups excluding tert-OH is 4. The van der Waals surface area contributed by atoms with Crippen molar-refractivity contribution in [2.45, 2.75) is 62.0 Å². The zero-order valence-electron chi connectivity index (χ0n) is 22.5. The summed E-state index contributed by atoms with van der Waals surface area (Å²) in [4.78, 5) is 25.4. The summed E-state index contributed by atoms with van der Waals surface area (Å²) in [6, 6.07) is 4.45. The summed E-state index contributed by atoms with van der Waals surface area (Å²) in [5.41, 5.74) is -1.15. The third kappa shape index (κ3) is 6.18. The highest BCUT2D eigenvalue weighted by Gasteiger charge is 2.61. The van der Waals surface area contributed by atoms with Gasteiger partial charge in [0.2, 0.25) is 6.29 Å². The lowest BCUT2D eigenvalue weighted by Gasteiger charge is -2.44. The van der Waals surface area contributed by atoms with Crippen molar-refractivity contribution in [3.05, 3.63) is 41.7 Å². The van der Waals surface area contributed by atoms with E-state index in [4.69, 9.17) is 28.4 Å². The van der Waals surface area contributed by atoms with E-state index < -0.39 is 79.1 Å². The first-order valence-corrected chi connectivity index (χ1v) is 12.8. The van der Waals surface area contributed by atoms with E-state index in [2.05, 4.69) is 0 Å². The Balaban J connectivity index is 1.56. The van der Waals surface area contributed by atoms with E-state index in [0.29, 0.717) is 5.56 Å². The number of carbonyl (C=O) groups excluding carboxylic acids is 2. The maximum absolute atomic E-state index is 12.8. The van der Waals surface area contributed by atoms with Gasteiger partial charge >= 0.3 is 11.9 Å². The second kappa shape index (κ2) is 12.3. The number of aromatic hydroxyl groups is 1. The van der Waals surface area contributed by atoms with Crippen LogP contribution in [-0.2, 0) is 33.3 Å². The number of hydrogen-bond acceptors (Lipinski definition) is 14. The number of hydrogen-bond donors (Lipinski definition) is 6. The van der Waals surface area contributed by atoms with E-state index in [-0.39, 0.29) is 23.5 Å². The van der Waals surface area contributed by atoms with E-state index in [1.807, 2.05) is 0 Å². The number of aliphatic hydroxyl groups is 5. The third-order valence-corrected chi connectivity index (χ3v) is 7.52. The average Bonchev–Trinajstić information content (AvgIpc) is 3.22. The summed E-state index contributed by atoms with van der Waals surface area (Å²) in [7, 11) is 2.53. The molecule has 41 heavy (non-hydrogen) atoms. The van der Waals surface area contributed by atoms with E-state index in [9.17, 15) is 40.2 Å². The second-order valence-electron chi connectivity index (χ2n) is 10.3. The minimum Gasteiger partial charge on any atom is -0.504 e. The molecule has 0 radical (unpaired) electrons. The molecule has 4 rings (SSSR count). The Hall–Kier alpha value is -3.24. The van der Waals surface area contributed by atoms with Crippen molar-refractivity contribution >= 4 is 18.0 Å². The largest absolute Gasteiger partial charge is 0.504 e. The van der Waals surface area contributed by atoms with E-state index in [1.165, 1.54) is 32.2 Å². The summed E-state index contributed by atoms with van der Waals surface area (Å²) in [6.07, 6.45) is -6.88. The Kier molecular flexibility index (Phi) is 9.23. The van der Waals surface area contributed by atoms with Crippen LogP contribution in [0.4, 0.5) is 0 Å². The van der Waals surface area contributed by atoms with Crippen molar-refractivity contribution < 1.29 is 68.6 Å². The normalized spacial score (nSPS) is 36.7. The summed E-state index contributed by atoms with van der Waals surface area (Å²) in [5.74, 6) is -3.49. The topological polar surface area (TPSA) is 211 Å². The molecule has 1 aromatic carbocycles. The van der Waals surface area contributed by atoms with Crippen LogP contribution in [-0.4, -0.2) is 112 Å². The van der Waals surface area contributed by atoms with Crippen LogP contribution < -0.4 is 4.74 Å². The SMILES string of the molecule is COC(=O)C1=CO[C@H](O[C@H]2O[C@@H](CO)[C@H](O)[C@@H](O)[C@@H]2O)[C@@H]2[C@@H]1[C@H](OC(=O)C=Cc1ccc(O)c(OC)c1)C[C@]2(C)O. The van der Waals surface area contributed by atoms with Crippen molar-refractivity contribution in [3.8, 4) is 11.5 Å². The number of rotatable bonds is 8. The van der Waals surface area contributed by atoms with Gasteiger partial charge in [0.25, 0.3) is 0 Å². The molecule has 10 atom stereocenters. The number of carbonyl (C=O) groups is 2. The smallest absolute Gasteiger partial charge is 0.337 e. The molecule has 0 amide bonds. The number of phenols is 1. The molecule has 2 fully saturated rings. The number of fused-ring (bicyclic) bond motifs is 1. The van der Waals surface area contributed by atoms with Gasteiger partial charge in [0.05, 0.1) is 44.2 Å². The molecule has 1 saturated carbocycles. The lowest BCUT2D eigenvalue weighted by Crippen LogP contribution is -2.60. The van der Waals surface area contributed by atoms with E-state index in [0.717, 1.165) is 19.4 Å². The maximum Gasteiger partial charge on any atom is 0.337 e. The first kappa shape index (κ1) is 30.7. The molecule has 0 unspecified atom stereocenters. The van der Waals surface area contributed by atoms with Crippen molar-refractivity contribution in [2.24, 2.45) is 11.8 Å². The molecular weight excluding hydrogens is 548 g/mol. The number of phenolic OH excluding ortho intramolecular Hbond substituents is 1. The molecule has 0 bridgehead atoms. The Morgan fingerprint density at radius 1 is 1.12 bits per heavy atom. The molecule has 1 aliphatic carbocycles. The molecule has 1 saturated heterocycles.